The van der Waals surface area contributed by atoms with Crippen molar-refractivity contribution < 1.29 is 13.5 Å². The molecule has 0 heterocycles. The summed E-state index contributed by atoms with van der Waals surface area (Å²) in [7, 11) is 0. The van der Waals surface area contributed by atoms with E-state index in [-0.39, 0.29) is 5.75 Å². The molecule has 0 amide bonds. The monoisotopic (exact) mass is 310 g/mol. The Balaban J connectivity index is 1.68. The van der Waals surface area contributed by atoms with Crippen LogP contribution in [0.3, 0.4) is 0 Å². The smallest absolute Gasteiger partial charge is 0.387 e. The van der Waals surface area contributed by atoms with Crippen molar-refractivity contribution >= 4 is 0 Å². The topological polar surface area (TPSA) is 9.23 Å². The molecule has 0 saturated heterocycles. The molecule has 1 aromatic carbocycles. The summed E-state index contributed by atoms with van der Waals surface area (Å²) in [5.41, 5.74) is 1.22. The van der Waals surface area contributed by atoms with E-state index in [0.717, 1.165) is 18.3 Å². The number of halogens is 2. The fraction of sp³-hybridized carbons (Fsp3) is 0.684. The van der Waals surface area contributed by atoms with Crippen LogP contribution in [0.5, 0.6) is 5.75 Å². The van der Waals surface area contributed by atoms with Gasteiger partial charge in [0.05, 0.1) is 0 Å². The lowest BCUT2D eigenvalue weighted by Crippen LogP contribution is -2.15. The lowest BCUT2D eigenvalue weighted by molar-refractivity contribution is -0.0498. The van der Waals surface area contributed by atoms with E-state index in [1.54, 1.807) is 12.1 Å². The number of hydrogen-bond donors (Lipinski definition) is 0. The molecule has 1 fully saturated rings. The Morgan fingerprint density at radius 1 is 1.00 bits per heavy atom. The van der Waals surface area contributed by atoms with E-state index in [0.29, 0.717) is 0 Å². The third-order valence-electron chi connectivity index (χ3n) is 4.92. The highest BCUT2D eigenvalue weighted by Crippen LogP contribution is 2.34. The van der Waals surface area contributed by atoms with Gasteiger partial charge in [-0.25, -0.2) is 0 Å². The van der Waals surface area contributed by atoms with Crippen LogP contribution in [-0.2, 0) is 6.42 Å². The minimum atomic E-state index is -2.74. The molecule has 0 atom stereocenters. The number of ether oxygens (including phenoxy) is 1. The Labute approximate surface area is 133 Å². The van der Waals surface area contributed by atoms with E-state index < -0.39 is 6.61 Å². The van der Waals surface area contributed by atoms with Crippen molar-refractivity contribution in [3.63, 3.8) is 0 Å². The van der Waals surface area contributed by atoms with Gasteiger partial charge in [0.2, 0.25) is 0 Å². The van der Waals surface area contributed by atoms with E-state index in [1.165, 1.54) is 56.9 Å². The second-order valence-corrected chi connectivity index (χ2v) is 6.59. The van der Waals surface area contributed by atoms with Crippen LogP contribution in [0.25, 0.3) is 0 Å². The van der Waals surface area contributed by atoms with Gasteiger partial charge in [-0.15, -0.1) is 0 Å². The van der Waals surface area contributed by atoms with Gasteiger partial charge < -0.3 is 4.74 Å². The molecule has 0 radical (unpaired) electrons. The molecule has 1 nitrogen and oxygen atoms in total. The van der Waals surface area contributed by atoms with Crippen LogP contribution >= 0.6 is 0 Å². The van der Waals surface area contributed by atoms with E-state index in [9.17, 15) is 8.78 Å². The number of alkyl halides is 2. The molecule has 0 N–H and O–H groups in total. The quantitative estimate of drug-likeness (QED) is 0.554. The van der Waals surface area contributed by atoms with Crippen LogP contribution in [0.4, 0.5) is 8.78 Å². The number of benzene rings is 1. The van der Waals surface area contributed by atoms with Crippen molar-refractivity contribution in [2.24, 2.45) is 11.8 Å². The first-order chi connectivity index (χ1) is 10.7. The predicted molar refractivity (Wildman–Crippen MR) is 86.4 cm³/mol. The molecule has 0 bridgehead atoms. The maximum Gasteiger partial charge on any atom is 0.387 e. The summed E-state index contributed by atoms with van der Waals surface area (Å²) < 4.78 is 28.6. The number of hydrogen-bond acceptors (Lipinski definition) is 1. The van der Waals surface area contributed by atoms with Crippen molar-refractivity contribution in [3.05, 3.63) is 29.8 Å². The third-order valence-corrected chi connectivity index (χ3v) is 4.92. The summed E-state index contributed by atoms with van der Waals surface area (Å²) in [6.45, 7) is -0.475. The van der Waals surface area contributed by atoms with Crippen LogP contribution in [0.2, 0.25) is 0 Å². The molecular formula is C19H28F2O. The van der Waals surface area contributed by atoms with Gasteiger partial charge in [-0.3, -0.25) is 0 Å². The highest BCUT2D eigenvalue weighted by atomic mass is 19.3. The van der Waals surface area contributed by atoms with Crippen molar-refractivity contribution in [3.8, 4) is 5.75 Å². The number of aryl methyl sites for hydroxylation is 1. The highest BCUT2D eigenvalue weighted by molar-refractivity contribution is 5.27. The summed E-state index contributed by atoms with van der Waals surface area (Å²) in [6, 6.07) is 7.10. The second kappa shape index (κ2) is 9.12. The van der Waals surface area contributed by atoms with Crippen molar-refractivity contribution in [1.29, 1.82) is 0 Å². The summed E-state index contributed by atoms with van der Waals surface area (Å²) in [5.74, 6) is 2.05. The summed E-state index contributed by atoms with van der Waals surface area (Å²) in [5, 5.41) is 0. The molecule has 0 spiro atoms. The van der Waals surface area contributed by atoms with Crippen LogP contribution in [0.1, 0.15) is 63.9 Å². The van der Waals surface area contributed by atoms with Gasteiger partial charge in [0.15, 0.2) is 0 Å². The normalized spacial score (nSPS) is 22.0. The Hall–Kier alpha value is -1.12. The molecule has 124 valence electrons. The first kappa shape index (κ1) is 17.2. The number of unbranched alkanes of at least 4 members (excludes halogenated alkanes) is 1. The molecule has 2 rings (SSSR count). The highest BCUT2D eigenvalue weighted by Gasteiger charge is 2.20. The first-order valence-corrected chi connectivity index (χ1v) is 8.71. The summed E-state index contributed by atoms with van der Waals surface area (Å²) >= 11 is 0. The van der Waals surface area contributed by atoms with Crippen molar-refractivity contribution in [1.82, 2.24) is 0 Å². The molecule has 1 aromatic rings. The maximum absolute atomic E-state index is 12.1. The minimum absolute atomic E-state index is 0.246. The van der Waals surface area contributed by atoms with Gasteiger partial charge in [-0.1, -0.05) is 64.0 Å². The average molecular weight is 310 g/mol. The lowest BCUT2D eigenvalue weighted by atomic mass is 9.78. The van der Waals surface area contributed by atoms with E-state index >= 15 is 0 Å². The van der Waals surface area contributed by atoms with Crippen molar-refractivity contribution in [2.75, 3.05) is 0 Å². The minimum Gasteiger partial charge on any atom is -0.435 e. The Kier molecular flexibility index (Phi) is 7.14. The molecule has 3 heteroatoms. The Morgan fingerprint density at radius 3 is 2.14 bits per heavy atom. The molecule has 22 heavy (non-hydrogen) atoms. The number of rotatable bonds is 8. The maximum atomic E-state index is 12.1. The SMILES string of the molecule is CCCCC1CCC(CCc2ccc(OC(F)F)cc2)CC1. The second-order valence-electron chi connectivity index (χ2n) is 6.59. The van der Waals surface area contributed by atoms with Gasteiger partial charge >= 0.3 is 6.61 Å². The molecular weight excluding hydrogens is 282 g/mol. The average Bonchev–Trinajstić information content (AvgIpc) is 2.53. The predicted octanol–water partition coefficient (Wildman–Crippen LogP) is 6.22. The Bertz CT molecular complexity index is 408. The van der Waals surface area contributed by atoms with Gasteiger partial charge in [0.25, 0.3) is 0 Å². The van der Waals surface area contributed by atoms with Crippen LogP contribution in [0.15, 0.2) is 24.3 Å². The van der Waals surface area contributed by atoms with Crippen LogP contribution in [-0.4, -0.2) is 6.61 Å². The van der Waals surface area contributed by atoms with Gasteiger partial charge in [0, 0.05) is 0 Å². The van der Waals surface area contributed by atoms with Gasteiger partial charge in [-0.05, 0) is 42.4 Å². The molecule has 1 saturated carbocycles. The first-order valence-electron chi connectivity index (χ1n) is 8.71. The summed E-state index contributed by atoms with van der Waals surface area (Å²) in [4.78, 5) is 0. The fourth-order valence-electron chi connectivity index (χ4n) is 3.51. The van der Waals surface area contributed by atoms with Gasteiger partial charge in [0.1, 0.15) is 5.75 Å². The zero-order chi connectivity index (χ0) is 15.8. The molecule has 1 aliphatic carbocycles. The third kappa shape index (κ3) is 5.94. The van der Waals surface area contributed by atoms with Crippen LogP contribution in [0, 0.1) is 11.8 Å². The van der Waals surface area contributed by atoms with Gasteiger partial charge in [-0.2, -0.15) is 8.78 Å². The molecule has 0 unspecified atom stereocenters. The van der Waals surface area contributed by atoms with E-state index in [2.05, 4.69) is 11.7 Å². The molecule has 1 aliphatic rings. The zero-order valence-corrected chi connectivity index (χ0v) is 13.6. The van der Waals surface area contributed by atoms with Crippen molar-refractivity contribution in [2.45, 2.75) is 71.3 Å². The lowest BCUT2D eigenvalue weighted by Gasteiger charge is -2.28. The Morgan fingerprint density at radius 2 is 1.59 bits per heavy atom. The zero-order valence-electron chi connectivity index (χ0n) is 13.6. The fourth-order valence-corrected chi connectivity index (χ4v) is 3.51. The standard InChI is InChI=1S/C19H28F2O/c1-2-3-4-15-5-7-16(8-6-15)9-10-17-11-13-18(14-12-17)22-19(20)21/h11-16,19H,2-10H2,1H3. The van der Waals surface area contributed by atoms with Crippen LogP contribution < -0.4 is 4.74 Å². The summed E-state index contributed by atoms with van der Waals surface area (Å²) in [6.07, 6.45) is 11.9. The molecule has 0 aliphatic heterocycles. The van der Waals surface area contributed by atoms with E-state index in [1.807, 2.05) is 12.1 Å². The molecule has 0 aromatic heterocycles. The van der Waals surface area contributed by atoms with E-state index in [4.69, 9.17) is 0 Å². The largest absolute Gasteiger partial charge is 0.435 e.